The van der Waals surface area contributed by atoms with Gasteiger partial charge in [0.1, 0.15) is 11.5 Å². The molecule has 122 valence electrons. The lowest BCUT2D eigenvalue weighted by Crippen LogP contribution is -1.95. The second-order valence-electron chi connectivity index (χ2n) is 5.37. The van der Waals surface area contributed by atoms with Crippen LogP contribution in [0.2, 0.25) is 0 Å². The lowest BCUT2D eigenvalue weighted by molar-refractivity contribution is 0.309. The largest absolute Gasteiger partial charge is 0.494 e. The highest BCUT2D eigenvalue weighted by Gasteiger charge is 1.95. The van der Waals surface area contributed by atoms with Crippen LogP contribution < -0.4 is 9.47 Å². The van der Waals surface area contributed by atoms with Crippen molar-refractivity contribution < 1.29 is 9.47 Å². The quantitative estimate of drug-likeness (QED) is 0.458. The molecule has 0 saturated heterocycles. The zero-order chi connectivity index (χ0) is 16.3. The smallest absolute Gasteiger partial charge is 0.119 e. The number of hydrogen-bond donors (Lipinski definition) is 0. The molecule has 3 nitrogen and oxygen atoms in total. The Morgan fingerprint density at radius 3 is 2.00 bits per heavy atom. The fourth-order valence-electron chi connectivity index (χ4n) is 1.98. The molecule has 0 aliphatic heterocycles. The molecule has 0 bridgehead atoms. The minimum atomic E-state index is 0.750. The van der Waals surface area contributed by atoms with Gasteiger partial charge in [-0.15, -0.1) is 0 Å². The summed E-state index contributed by atoms with van der Waals surface area (Å²) < 4.78 is 11.2. The van der Waals surface area contributed by atoms with Gasteiger partial charge in [0.05, 0.1) is 18.9 Å². The van der Waals surface area contributed by atoms with Crippen LogP contribution in [0.5, 0.6) is 11.5 Å². The maximum absolute atomic E-state index is 5.64. The highest BCUT2D eigenvalue weighted by molar-refractivity contribution is 5.82. The van der Waals surface area contributed by atoms with E-state index in [9.17, 15) is 0 Å². The SMILES string of the molecule is CCCCOc1ccc(N=Cc2ccc(OCCC)cc2)cc1. The lowest BCUT2D eigenvalue weighted by Gasteiger charge is -2.05. The summed E-state index contributed by atoms with van der Waals surface area (Å²) in [7, 11) is 0. The Balaban J connectivity index is 1.89. The van der Waals surface area contributed by atoms with Gasteiger partial charge in [0.15, 0.2) is 0 Å². The molecular formula is C20H25NO2. The summed E-state index contributed by atoms with van der Waals surface area (Å²) in [4.78, 5) is 4.48. The van der Waals surface area contributed by atoms with Crippen LogP contribution in [0.15, 0.2) is 53.5 Å². The van der Waals surface area contributed by atoms with Crippen LogP contribution in [0.4, 0.5) is 5.69 Å². The van der Waals surface area contributed by atoms with Gasteiger partial charge in [-0.05, 0) is 66.9 Å². The van der Waals surface area contributed by atoms with Gasteiger partial charge in [0.2, 0.25) is 0 Å². The summed E-state index contributed by atoms with van der Waals surface area (Å²) in [5.41, 5.74) is 1.97. The van der Waals surface area contributed by atoms with E-state index in [1.807, 2.05) is 54.7 Å². The molecule has 0 radical (unpaired) electrons. The molecule has 0 amide bonds. The third-order valence-electron chi connectivity index (χ3n) is 3.32. The maximum Gasteiger partial charge on any atom is 0.119 e. The minimum Gasteiger partial charge on any atom is -0.494 e. The van der Waals surface area contributed by atoms with E-state index < -0.39 is 0 Å². The average molecular weight is 311 g/mol. The van der Waals surface area contributed by atoms with Crippen molar-refractivity contribution in [1.29, 1.82) is 0 Å². The zero-order valence-corrected chi connectivity index (χ0v) is 14.0. The molecule has 2 aromatic rings. The number of rotatable bonds is 9. The standard InChI is InChI=1S/C20H25NO2/c1-3-5-15-23-20-12-8-18(9-13-20)21-16-17-6-10-19(11-7-17)22-14-4-2/h6-13,16H,3-5,14-15H2,1-2H3. The van der Waals surface area contributed by atoms with E-state index in [1.54, 1.807) is 0 Å². The molecule has 23 heavy (non-hydrogen) atoms. The third kappa shape index (κ3) is 6.15. The number of nitrogens with zero attached hydrogens (tertiary/aromatic N) is 1. The van der Waals surface area contributed by atoms with Crippen molar-refractivity contribution in [3.05, 3.63) is 54.1 Å². The molecule has 0 saturated carbocycles. The highest BCUT2D eigenvalue weighted by Crippen LogP contribution is 2.19. The first kappa shape index (κ1) is 17.1. The summed E-state index contributed by atoms with van der Waals surface area (Å²) >= 11 is 0. The van der Waals surface area contributed by atoms with E-state index in [0.717, 1.165) is 55.2 Å². The molecule has 0 aliphatic carbocycles. The fourth-order valence-corrected chi connectivity index (χ4v) is 1.98. The fraction of sp³-hybridized carbons (Fsp3) is 0.350. The molecule has 0 atom stereocenters. The van der Waals surface area contributed by atoms with E-state index in [0.29, 0.717) is 0 Å². The van der Waals surface area contributed by atoms with Gasteiger partial charge in [-0.25, -0.2) is 0 Å². The summed E-state index contributed by atoms with van der Waals surface area (Å²) in [6.45, 7) is 5.77. The Labute approximate surface area is 139 Å². The first-order chi connectivity index (χ1) is 11.3. The van der Waals surface area contributed by atoms with E-state index in [-0.39, 0.29) is 0 Å². The van der Waals surface area contributed by atoms with Gasteiger partial charge in [0.25, 0.3) is 0 Å². The first-order valence-electron chi connectivity index (χ1n) is 8.31. The third-order valence-corrected chi connectivity index (χ3v) is 3.32. The Bertz CT molecular complexity index is 588. The van der Waals surface area contributed by atoms with E-state index in [2.05, 4.69) is 18.8 Å². The van der Waals surface area contributed by atoms with Crippen LogP contribution in [0, 0.1) is 0 Å². The molecule has 0 aliphatic rings. The van der Waals surface area contributed by atoms with Crippen LogP contribution >= 0.6 is 0 Å². The zero-order valence-electron chi connectivity index (χ0n) is 14.0. The van der Waals surface area contributed by atoms with Gasteiger partial charge in [0, 0.05) is 6.21 Å². The van der Waals surface area contributed by atoms with Gasteiger partial charge in [-0.2, -0.15) is 0 Å². The Hall–Kier alpha value is -2.29. The van der Waals surface area contributed by atoms with E-state index >= 15 is 0 Å². The molecular weight excluding hydrogens is 286 g/mol. The summed E-state index contributed by atoms with van der Waals surface area (Å²) in [5.74, 6) is 1.80. The number of ether oxygens (including phenoxy) is 2. The van der Waals surface area contributed by atoms with Crippen LogP contribution in [0.1, 0.15) is 38.7 Å². The number of benzene rings is 2. The molecule has 0 unspecified atom stereocenters. The normalized spacial score (nSPS) is 10.9. The van der Waals surface area contributed by atoms with Crippen LogP contribution in [0.3, 0.4) is 0 Å². The Morgan fingerprint density at radius 1 is 0.783 bits per heavy atom. The van der Waals surface area contributed by atoms with Crippen LogP contribution in [-0.2, 0) is 0 Å². The molecule has 0 heterocycles. The van der Waals surface area contributed by atoms with Crippen molar-refractivity contribution in [3.8, 4) is 11.5 Å². The number of hydrogen-bond acceptors (Lipinski definition) is 3. The van der Waals surface area contributed by atoms with Crippen LogP contribution in [0.25, 0.3) is 0 Å². The Morgan fingerprint density at radius 2 is 1.39 bits per heavy atom. The summed E-state index contributed by atoms with van der Waals surface area (Å²) in [6, 6.07) is 15.8. The maximum atomic E-state index is 5.64. The van der Waals surface area contributed by atoms with E-state index in [1.165, 1.54) is 0 Å². The summed E-state index contributed by atoms with van der Waals surface area (Å²) in [5, 5.41) is 0. The predicted molar refractivity (Wildman–Crippen MR) is 96.3 cm³/mol. The monoisotopic (exact) mass is 311 g/mol. The second kappa shape index (κ2) is 9.67. The number of aliphatic imine (C=N–C) groups is 1. The highest BCUT2D eigenvalue weighted by atomic mass is 16.5. The minimum absolute atomic E-state index is 0.750. The van der Waals surface area contributed by atoms with Crippen molar-refractivity contribution in [2.45, 2.75) is 33.1 Å². The average Bonchev–Trinajstić information content (AvgIpc) is 2.60. The molecule has 0 N–H and O–H groups in total. The van der Waals surface area contributed by atoms with Crippen molar-refractivity contribution in [2.75, 3.05) is 13.2 Å². The predicted octanol–water partition coefficient (Wildman–Crippen LogP) is 5.40. The molecule has 2 aromatic carbocycles. The van der Waals surface area contributed by atoms with Gasteiger partial charge >= 0.3 is 0 Å². The van der Waals surface area contributed by atoms with Crippen molar-refractivity contribution in [3.63, 3.8) is 0 Å². The second-order valence-corrected chi connectivity index (χ2v) is 5.37. The Kier molecular flexibility index (Phi) is 7.18. The lowest BCUT2D eigenvalue weighted by atomic mass is 10.2. The van der Waals surface area contributed by atoms with Gasteiger partial charge in [-0.3, -0.25) is 4.99 Å². The van der Waals surface area contributed by atoms with Crippen molar-refractivity contribution in [2.24, 2.45) is 4.99 Å². The summed E-state index contributed by atoms with van der Waals surface area (Å²) in [6.07, 6.45) is 5.10. The molecule has 0 aromatic heterocycles. The molecule has 0 fully saturated rings. The first-order valence-corrected chi connectivity index (χ1v) is 8.31. The van der Waals surface area contributed by atoms with Crippen LogP contribution in [-0.4, -0.2) is 19.4 Å². The molecule has 2 rings (SSSR count). The van der Waals surface area contributed by atoms with Gasteiger partial charge < -0.3 is 9.47 Å². The van der Waals surface area contributed by atoms with Crippen molar-refractivity contribution >= 4 is 11.9 Å². The molecule has 3 heteroatoms. The topological polar surface area (TPSA) is 30.8 Å². The van der Waals surface area contributed by atoms with E-state index in [4.69, 9.17) is 9.47 Å². The number of unbranched alkanes of at least 4 members (excludes halogenated alkanes) is 1. The molecule has 0 spiro atoms. The van der Waals surface area contributed by atoms with Crippen molar-refractivity contribution in [1.82, 2.24) is 0 Å². The van der Waals surface area contributed by atoms with Gasteiger partial charge in [-0.1, -0.05) is 20.3 Å².